The Morgan fingerprint density at radius 2 is 0.723 bits per heavy atom. The zero-order valence-electron chi connectivity index (χ0n) is 89.4. The first-order chi connectivity index (χ1) is 70.0. The van der Waals surface area contributed by atoms with Gasteiger partial charge in [-0.1, -0.05) is 64.2 Å². The van der Waals surface area contributed by atoms with Gasteiger partial charge in [0.05, 0.1) is 78.2 Å². The number of ether oxygens (including phenoxy) is 7. The number of aliphatic carboxylic acids is 1. The van der Waals surface area contributed by atoms with E-state index in [2.05, 4.69) is 15.4 Å². The van der Waals surface area contributed by atoms with Gasteiger partial charge in [0.1, 0.15) is 34.3 Å². The number of nitrogens with two attached hydrogens (primary N) is 1. The van der Waals surface area contributed by atoms with Gasteiger partial charge in [0.2, 0.25) is 11.8 Å². The average Bonchev–Trinajstić information content (AvgIpc) is 1.63. The highest BCUT2D eigenvalue weighted by molar-refractivity contribution is 8.00. The van der Waals surface area contributed by atoms with E-state index in [4.69, 9.17) is 62.1 Å². The van der Waals surface area contributed by atoms with Crippen molar-refractivity contribution < 1.29 is 172 Å². The van der Waals surface area contributed by atoms with Crippen LogP contribution >= 0.6 is 11.8 Å². The highest BCUT2D eigenvalue weighted by atomic mass is 32.2. The fourth-order valence-corrected chi connectivity index (χ4v) is 29.3. The van der Waals surface area contributed by atoms with Crippen molar-refractivity contribution in [2.45, 2.75) is 311 Å². The summed E-state index contributed by atoms with van der Waals surface area (Å²) in [5.41, 5.74) is 4.23. The minimum Gasteiger partial charge on any atom is -0.481 e. The third-order valence-corrected chi connectivity index (χ3v) is 44.4. The number of unbranched alkanes of at least 4 members (excludes halogenated alkanes) is 7. The van der Waals surface area contributed by atoms with Crippen LogP contribution in [0.3, 0.4) is 0 Å². The molecule has 7 N–H and O–H groups in total. The standard InChI is InChI=1S/C22H37NO6SSi.C19H31NO4Si.C13H20N2O5.C10H11F3N2O4.C10H20O2Si.C9H20N2O3.C9H18O3Si.C6H5NO4.CH4O.5H2/c1-18(24)9-13-30-20-17-21(26)23(22(20)27)10-12-29-11-5-8-19(25)7-3-4-14-31(28-2)15-6-16-31;1-24-25(15-8-16-25)14-7-5-10-17(21)9-4-2-3-6-13-20-18(22)11-12-19(20)23;1-13(2,3)20-12(18)14-6-8-19-9-7-15-10(16)4-5-11(15)17;11-10(12,13)9(18)14-3-5-19-6-4-15-7(16)1-2-8(15)17;1-10(11)6-3-4-7-13(12-2)8-5-9-13;1-9(2,3)14-8(12)11-5-7-13-6-4-10;1-12-13(7-4-8-13)6-3-2-5-9(10)11;1-11-6(10)7-4(8)2-3-5(7)9;1-2;;;;;/h20H,3-17H2,1-2H3;11-12H,2-10,13-16H2,1H3;4-5H,6-9H2,1-3H3,(H,14,18);1-2H,3-6H2,(H,14,18);3-9H2,1-2H3;4-7,10H2,1-3H3,(H,11,12);2-8H2,1H3,(H,10,11);2-3H,1H3;2H,1H3;5*1H/i;;;;;;;;;5*1+2. The summed E-state index contributed by atoms with van der Waals surface area (Å²) >= 11 is 1.38. The number of methoxy groups -OCH3 is 1. The minimum absolute atomic E-state index is 0. The summed E-state index contributed by atoms with van der Waals surface area (Å²) in [5, 5.41) is 21.8. The molecule has 5 saturated heterocycles. The number of hydrogen-bond acceptors (Lipinski definition) is 33. The zero-order chi connectivity index (χ0) is 111. The van der Waals surface area contributed by atoms with Crippen molar-refractivity contribution in [2.24, 2.45) is 5.73 Å². The molecule has 0 aliphatic carbocycles. The van der Waals surface area contributed by atoms with Crippen molar-refractivity contribution in [3.8, 4) is 0 Å². The van der Waals surface area contributed by atoms with E-state index in [-0.39, 0.29) is 118 Å². The van der Waals surface area contributed by atoms with Gasteiger partial charge in [0.15, 0.2) is 33.3 Å². The number of imide groups is 7. The second-order valence-corrected chi connectivity index (χ2v) is 56.7. The van der Waals surface area contributed by atoms with E-state index < -0.39 is 104 Å². The SMILES string of the molecule is CC(C)(C)OC(=O)NCCOCCN.CC(C)(C)OC(=O)NCCOCCN1C(=O)C=CC1=O.CO.COC(=O)N1C(=O)C=CC1=O.CO[Si]1(CCCCC(=O)CCCCCCN2C(=O)C=CC2=O)CCC1.CO[Si]1(CCCCC(=O)CCCOCCN2C(=O)CC(SCCC(C)=O)C2=O)CCC1.CO[Si]1(CCCCC(=O)O)CCC1.CO[Si]1(CCCCC(C)=O)CCC1.O=C1C=CC(=O)N1CCOCCNC(=O)C(F)(F)F.[3HH].[3HH].[3HH].[3HH].[3HH]. The molecule has 9 heterocycles. The number of halogens is 3. The van der Waals surface area contributed by atoms with E-state index in [1.54, 1.807) is 33.0 Å². The smallest absolute Gasteiger partial charge is 0.471 e. The van der Waals surface area contributed by atoms with Gasteiger partial charge in [0, 0.05) is 188 Å². The number of aliphatic hydroxyl groups is 1. The number of ketones is 4. The number of nitrogens with one attached hydrogen (secondary N) is 3. The lowest BCUT2D eigenvalue weighted by molar-refractivity contribution is -0.173. The zero-order valence-corrected chi connectivity index (χ0v) is 94.2. The van der Waals surface area contributed by atoms with Gasteiger partial charge in [-0.25, -0.2) is 14.4 Å². The van der Waals surface area contributed by atoms with Gasteiger partial charge < -0.3 is 87.6 Å². The summed E-state index contributed by atoms with van der Waals surface area (Å²) in [5.74, 6) is -4.78. The number of nitrogens with zero attached hydrogens (tertiary/aromatic N) is 5. The third kappa shape index (κ3) is 59.6. The molecule has 0 bridgehead atoms. The van der Waals surface area contributed by atoms with Gasteiger partial charge in [-0.05, 0) is 173 Å². The van der Waals surface area contributed by atoms with Crippen LogP contribution in [0.1, 0.15) is 223 Å². The predicted molar refractivity (Wildman–Crippen MR) is 566 cm³/mol. The molecular formula is C99H176F3N9O32SSi4. The van der Waals surface area contributed by atoms with Crippen LogP contribution in [-0.2, 0) is 128 Å². The molecule has 0 radical (unpaired) electrons. The van der Waals surface area contributed by atoms with Gasteiger partial charge in [-0.3, -0.25) is 91.5 Å². The second-order valence-electron chi connectivity index (χ2n) is 38.3. The van der Waals surface area contributed by atoms with Crippen molar-refractivity contribution in [3.05, 3.63) is 48.6 Å². The molecule has 0 aromatic heterocycles. The van der Waals surface area contributed by atoms with E-state index in [0.717, 1.165) is 131 Å². The predicted octanol–water partition coefficient (Wildman–Crippen LogP) is 13.0. The van der Waals surface area contributed by atoms with E-state index in [1.807, 2.05) is 49.2 Å². The topological polar surface area (TPSA) is 545 Å². The maximum absolute atomic E-state index is 12.3. The fourth-order valence-electron chi connectivity index (χ4n) is 15.5. The van der Waals surface area contributed by atoms with Gasteiger partial charge >= 0.3 is 36.3 Å². The van der Waals surface area contributed by atoms with Gasteiger partial charge in [-0.15, -0.1) is 11.8 Å². The molecule has 1 atom stereocenters. The molecule has 148 heavy (non-hydrogen) atoms. The number of carboxylic acid groups (broad SMARTS) is 1. The van der Waals surface area contributed by atoms with E-state index in [0.29, 0.717) is 120 Å². The Balaban J connectivity index is -0.000000553. The van der Waals surface area contributed by atoms with Gasteiger partial charge in [-0.2, -0.15) is 18.1 Å². The Labute approximate surface area is 884 Å². The summed E-state index contributed by atoms with van der Waals surface area (Å²) in [6.45, 7) is 17.9. The van der Waals surface area contributed by atoms with Crippen LogP contribution in [0, 0.1) is 0 Å². The van der Waals surface area contributed by atoms with Crippen LogP contribution in [0.15, 0.2) is 48.6 Å². The summed E-state index contributed by atoms with van der Waals surface area (Å²) in [6, 6.07) is 15.3. The van der Waals surface area contributed by atoms with Gasteiger partial charge in [0.25, 0.3) is 47.3 Å². The Bertz CT molecular complexity index is 4190. The lowest BCUT2D eigenvalue weighted by Gasteiger charge is -2.37. The first-order valence-corrected chi connectivity index (χ1v) is 62.1. The monoisotopic (exact) mass is 2210 g/mol. The summed E-state index contributed by atoms with van der Waals surface area (Å²) < 4.78 is 93.0. The van der Waals surface area contributed by atoms with E-state index in [1.165, 1.54) is 151 Å². The molecule has 0 saturated carbocycles. The molecule has 0 aromatic rings. The number of aliphatic hydroxyl groups excluding tert-OH is 1. The van der Waals surface area contributed by atoms with Crippen LogP contribution in [0.5, 0.6) is 0 Å². The molecule has 49 heteroatoms. The Hall–Kier alpha value is -9.10. The van der Waals surface area contributed by atoms with Crippen LogP contribution in [-0.4, -0.2) is 357 Å². The molecule has 9 aliphatic rings. The molecule has 0 aromatic carbocycles. The maximum atomic E-state index is 12.3. The third-order valence-electron chi connectivity index (χ3n) is 24.6. The van der Waals surface area contributed by atoms with Crippen molar-refractivity contribution in [1.29, 1.82) is 0 Å². The van der Waals surface area contributed by atoms with Crippen molar-refractivity contribution in [2.75, 3.05) is 154 Å². The number of rotatable bonds is 59. The van der Waals surface area contributed by atoms with E-state index in [9.17, 15) is 104 Å². The number of alkyl carbamates (subject to hydrolysis) is 2. The van der Waals surface area contributed by atoms with Crippen LogP contribution in [0.25, 0.3) is 0 Å². The Kier molecular flexibility index (Phi) is 69.9. The lowest BCUT2D eigenvalue weighted by Crippen LogP contribution is -2.43. The molecule has 14 amide bonds. The number of likely N-dealkylation sites (tertiary alicyclic amines) is 1. The molecular weight excluding hydrogens is 2030 g/mol. The highest BCUT2D eigenvalue weighted by Gasteiger charge is 2.45. The molecule has 0 spiro atoms. The number of carbonyl (C=O) groups excluding carboxylic acids is 18. The number of carboxylic acids is 1. The van der Waals surface area contributed by atoms with Crippen molar-refractivity contribution >= 4 is 157 Å². The van der Waals surface area contributed by atoms with Crippen LogP contribution in [0.2, 0.25) is 72.5 Å². The fraction of sp³-hybridized carbons (Fsp3) is 0.727. The molecule has 1 unspecified atom stereocenters. The first kappa shape index (κ1) is 137. The van der Waals surface area contributed by atoms with Crippen LogP contribution in [0.4, 0.5) is 27.6 Å². The quantitative estimate of drug-likeness (QED) is 0.0142. The largest absolute Gasteiger partial charge is 0.481 e. The molecule has 5 fully saturated rings. The number of thioether (sulfide) groups is 1. The number of hydrogen-bond donors (Lipinski definition) is 6. The summed E-state index contributed by atoms with van der Waals surface area (Å²) in [4.78, 5) is 217. The number of alkyl halides is 3. The molecule has 41 nitrogen and oxygen atoms in total. The lowest BCUT2D eigenvalue weighted by atomic mass is 10.1. The number of carbonyl (C=O) groups is 19. The average molecular weight is 2220 g/mol. The highest BCUT2D eigenvalue weighted by Crippen LogP contribution is 2.41. The van der Waals surface area contributed by atoms with Crippen molar-refractivity contribution in [1.82, 2.24) is 40.4 Å². The summed E-state index contributed by atoms with van der Waals surface area (Å²) in [6.07, 6.45) is 24.7. The first-order valence-electron chi connectivity index (χ1n) is 50.9. The van der Waals surface area contributed by atoms with E-state index >= 15 is 0 Å². The molecule has 9 rings (SSSR count). The number of Topliss-reactive ketones (excluding diaryl/α,β-unsaturated/α-hetero) is 4. The van der Waals surface area contributed by atoms with Crippen molar-refractivity contribution in [3.63, 3.8) is 0 Å². The second kappa shape index (κ2) is 75.6. The Morgan fingerprint density at radius 3 is 1.05 bits per heavy atom. The minimum atomic E-state index is -4.92. The Morgan fingerprint density at radius 1 is 0.405 bits per heavy atom. The molecule has 9 aliphatic heterocycles. The summed E-state index contributed by atoms with van der Waals surface area (Å²) in [7, 11) is 4.34. The maximum Gasteiger partial charge on any atom is 0.471 e. The molecule has 852 valence electrons. The number of amides is 14. The normalized spacial score (nSPS) is 17.0. The van der Waals surface area contributed by atoms with Crippen LogP contribution < -0.4 is 21.7 Å².